The van der Waals surface area contributed by atoms with E-state index >= 15 is 0 Å². The van der Waals surface area contributed by atoms with Crippen LogP contribution < -0.4 is 0 Å². The lowest BCUT2D eigenvalue weighted by atomic mass is 10.1. The summed E-state index contributed by atoms with van der Waals surface area (Å²) in [5, 5.41) is 5.46. The van der Waals surface area contributed by atoms with Crippen LogP contribution in [0.5, 0.6) is 0 Å². The number of benzene rings is 2. The maximum Gasteiger partial charge on any atom is 0.149 e. The highest BCUT2D eigenvalue weighted by Crippen LogP contribution is 2.30. The van der Waals surface area contributed by atoms with Crippen molar-refractivity contribution in [2.75, 3.05) is 0 Å². The molecule has 0 saturated heterocycles. The zero-order valence-corrected chi connectivity index (χ0v) is 11.0. The second-order valence-corrected chi connectivity index (χ2v) is 4.89. The lowest BCUT2D eigenvalue weighted by Crippen LogP contribution is -2.03. The highest BCUT2D eigenvalue weighted by molar-refractivity contribution is 5.93. The first kappa shape index (κ1) is 11.9. The molecule has 1 heterocycles. The van der Waals surface area contributed by atoms with Crippen LogP contribution in [0.3, 0.4) is 0 Å². The van der Waals surface area contributed by atoms with Crippen molar-refractivity contribution in [3.8, 4) is 11.3 Å². The molecule has 0 saturated carbocycles. The lowest BCUT2D eigenvalue weighted by Gasteiger charge is -2.06. The van der Waals surface area contributed by atoms with Gasteiger partial charge in [-0.1, -0.05) is 42.5 Å². The van der Waals surface area contributed by atoms with E-state index in [4.69, 9.17) is 0 Å². The molecule has 3 aromatic rings. The fourth-order valence-electron chi connectivity index (χ4n) is 2.33. The van der Waals surface area contributed by atoms with E-state index in [9.17, 15) is 4.39 Å². The van der Waals surface area contributed by atoms with Crippen molar-refractivity contribution in [2.24, 2.45) is 0 Å². The number of halogens is 1. The van der Waals surface area contributed by atoms with Gasteiger partial charge < -0.3 is 0 Å². The number of para-hydroxylation sites is 1. The molecule has 0 aliphatic heterocycles. The van der Waals surface area contributed by atoms with Crippen LogP contribution in [0.1, 0.15) is 19.9 Å². The predicted molar refractivity (Wildman–Crippen MR) is 75.5 cm³/mol. The molecule has 1 aromatic heterocycles. The number of nitrogens with zero attached hydrogens (tertiary/aromatic N) is 2. The normalized spacial score (nSPS) is 11.4. The molecule has 0 fully saturated rings. The van der Waals surface area contributed by atoms with Gasteiger partial charge in [-0.15, -0.1) is 0 Å². The minimum atomic E-state index is -0.221. The van der Waals surface area contributed by atoms with E-state index in [2.05, 4.69) is 5.10 Å². The number of aromatic nitrogens is 2. The minimum Gasteiger partial charge on any atom is -0.259 e. The van der Waals surface area contributed by atoms with Crippen LogP contribution in [-0.4, -0.2) is 9.78 Å². The van der Waals surface area contributed by atoms with Gasteiger partial charge in [0, 0.05) is 17.0 Å². The summed E-state index contributed by atoms with van der Waals surface area (Å²) in [5.41, 5.74) is 2.43. The maximum atomic E-state index is 14.1. The van der Waals surface area contributed by atoms with Crippen molar-refractivity contribution < 1.29 is 4.39 Å². The molecule has 3 heteroatoms. The van der Waals surface area contributed by atoms with Gasteiger partial charge in [-0.05, 0) is 19.9 Å². The molecule has 0 N–H and O–H groups in total. The van der Waals surface area contributed by atoms with Crippen molar-refractivity contribution in [2.45, 2.75) is 19.9 Å². The molecule has 0 atom stereocenters. The highest BCUT2D eigenvalue weighted by Gasteiger charge is 2.16. The standard InChI is InChI=1S/C16H15FN2/c1-11(2)19-16-13(9-6-10-14(16)17)15(18-19)12-7-4-3-5-8-12/h3-11H,1-2H3. The molecule has 0 bridgehead atoms. The third kappa shape index (κ3) is 1.91. The van der Waals surface area contributed by atoms with Gasteiger partial charge >= 0.3 is 0 Å². The van der Waals surface area contributed by atoms with Crippen LogP contribution in [-0.2, 0) is 0 Å². The van der Waals surface area contributed by atoms with E-state index in [0.29, 0.717) is 5.52 Å². The van der Waals surface area contributed by atoms with Gasteiger partial charge in [-0.25, -0.2) is 4.39 Å². The molecule has 0 amide bonds. The first-order chi connectivity index (χ1) is 9.18. The molecule has 2 aromatic carbocycles. The molecule has 0 unspecified atom stereocenters. The first-order valence-electron chi connectivity index (χ1n) is 6.40. The summed E-state index contributed by atoms with van der Waals surface area (Å²) in [6, 6.07) is 15.2. The second kappa shape index (κ2) is 4.50. The quantitative estimate of drug-likeness (QED) is 0.661. The Morgan fingerprint density at radius 2 is 1.74 bits per heavy atom. The van der Waals surface area contributed by atoms with Gasteiger partial charge in [0.25, 0.3) is 0 Å². The van der Waals surface area contributed by atoms with Crippen LogP contribution in [0.2, 0.25) is 0 Å². The Morgan fingerprint density at radius 3 is 2.42 bits per heavy atom. The average molecular weight is 254 g/mol. The number of hydrogen-bond acceptors (Lipinski definition) is 1. The first-order valence-corrected chi connectivity index (χ1v) is 6.40. The van der Waals surface area contributed by atoms with Gasteiger partial charge in [0.05, 0.1) is 0 Å². The molecule has 0 aliphatic carbocycles. The summed E-state index contributed by atoms with van der Waals surface area (Å²) in [4.78, 5) is 0. The summed E-state index contributed by atoms with van der Waals surface area (Å²) >= 11 is 0. The Bertz CT molecular complexity index is 714. The van der Waals surface area contributed by atoms with Gasteiger partial charge in [-0.3, -0.25) is 4.68 Å². The third-order valence-electron chi connectivity index (χ3n) is 3.22. The smallest absolute Gasteiger partial charge is 0.149 e. The summed E-state index contributed by atoms with van der Waals surface area (Å²) in [6.45, 7) is 4.02. The van der Waals surface area contributed by atoms with Gasteiger partial charge in [-0.2, -0.15) is 5.10 Å². The molecule has 2 nitrogen and oxygen atoms in total. The predicted octanol–water partition coefficient (Wildman–Crippen LogP) is 4.42. The summed E-state index contributed by atoms with van der Waals surface area (Å²) in [7, 11) is 0. The van der Waals surface area contributed by atoms with E-state index in [1.807, 2.05) is 50.2 Å². The Kier molecular flexibility index (Phi) is 2.82. The second-order valence-electron chi connectivity index (χ2n) is 4.89. The molecule has 0 radical (unpaired) electrons. The van der Waals surface area contributed by atoms with Crippen LogP contribution in [0, 0.1) is 5.82 Å². The van der Waals surface area contributed by atoms with E-state index < -0.39 is 0 Å². The van der Waals surface area contributed by atoms with Crippen LogP contribution in [0.25, 0.3) is 22.2 Å². The van der Waals surface area contributed by atoms with Crippen LogP contribution in [0.4, 0.5) is 4.39 Å². The molecule has 19 heavy (non-hydrogen) atoms. The largest absolute Gasteiger partial charge is 0.259 e. The topological polar surface area (TPSA) is 17.8 Å². The van der Waals surface area contributed by atoms with E-state index in [0.717, 1.165) is 16.6 Å². The van der Waals surface area contributed by atoms with Crippen molar-refractivity contribution in [1.29, 1.82) is 0 Å². The minimum absolute atomic E-state index is 0.122. The van der Waals surface area contributed by atoms with E-state index in [-0.39, 0.29) is 11.9 Å². The Balaban J connectivity index is 2.36. The molecular weight excluding hydrogens is 239 g/mol. The van der Waals surface area contributed by atoms with Crippen LogP contribution >= 0.6 is 0 Å². The molecule has 96 valence electrons. The van der Waals surface area contributed by atoms with Crippen molar-refractivity contribution >= 4 is 10.9 Å². The Hall–Kier alpha value is -2.16. The fraction of sp³-hybridized carbons (Fsp3) is 0.188. The molecular formula is C16H15FN2. The Morgan fingerprint density at radius 1 is 1.00 bits per heavy atom. The summed E-state index contributed by atoms with van der Waals surface area (Å²) in [5.74, 6) is -0.221. The summed E-state index contributed by atoms with van der Waals surface area (Å²) in [6.07, 6.45) is 0. The number of fused-ring (bicyclic) bond motifs is 1. The van der Waals surface area contributed by atoms with Gasteiger partial charge in [0.1, 0.15) is 17.0 Å². The van der Waals surface area contributed by atoms with E-state index in [1.165, 1.54) is 6.07 Å². The Labute approximate surface area is 111 Å². The van der Waals surface area contributed by atoms with Crippen molar-refractivity contribution in [1.82, 2.24) is 9.78 Å². The monoisotopic (exact) mass is 254 g/mol. The fourth-order valence-corrected chi connectivity index (χ4v) is 2.33. The van der Waals surface area contributed by atoms with Crippen molar-refractivity contribution in [3.05, 3.63) is 54.3 Å². The van der Waals surface area contributed by atoms with Crippen LogP contribution in [0.15, 0.2) is 48.5 Å². The number of rotatable bonds is 2. The number of hydrogen-bond donors (Lipinski definition) is 0. The summed E-state index contributed by atoms with van der Waals surface area (Å²) < 4.78 is 15.8. The molecule has 3 rings (SSSR count). The highest BCUT2D eigenvalue weighted by atomic mass is 19.1. The molecule has 0 aliphatic rings. The van der Waals surface area contributed by atoms with Gasteiger partial charge in [0.2, 0.25) is 0 Å². The van der Waals surface area contributed by atoms with E-state index in [1.54, 1.807) is 10.7 Å². The SMILES string of the molecule is CC(C)n1nc(-c2ccccc2)c2cccc(F)c21. The van der Waals surface area contributed by atoms with Crippen molar-refractivity contribution in [3.63, 3.8) is 0 Å². The lowest BCUT2D eigenvalue weighted by molar-refractivity contribution is 0.536. The average Bonchev–Trinajstić information content (AvgIpc) is 2.81. The zero-order valence-electron chi connectivity index (χ0n) is 11.0. The maximum absolute atomic E-state index is 14.1. The third-order valence-corrected chi connectivity index (χ3v) is 3.22. The zero-order chi connectivity index (χ0) is 13.4. The van der Waals surface area contributed by atoms with Gasteiger partial charge in [0.15, 0.2) is 0 Å². The molecule has 0 spiro atoms.